The topological polar surface area (TPSA) is 47.3 Å². The molecule has 1 heterocycles. The third kappa shape index (κ3) is 2.85. The van der Waals surface area contributed by atoms with E-state index in [0.29, 0.717) is 24.5 Å². The normalized spacial score (nSPS) is 25.3. The molecule has 0 amide bonds. The van der Waals surface area contributed by atoms with Gasteiger partial charge in [0.1, 0.15) is 11.6 Å². The predicted molar refractivity (Wildman–Crippen MR) is 64.7 cm³/mol. The van der Waals surface area contributed by atoms with Gasteiger partial charge in [-0.25, -0.2) is 8.78 Å². The average molecular weight is 256 g/mol. The largest absolute Gasteiger partial charge is 0.376 e. The summed E-state index contributed by atoms with van der Waals surface area (Å²) in [6.45, 7) is 2.79. The number of nitrogens with two attached hydrogens (primary N) is 1. The summed E-state index contributed by atoms with van der Waals surface area (Å²) in [6.07, 6.45) is 1.34. The summed E-state index contributed by atoms with van der Waals surface area (Å²) in [6, 6.07) is 3.43. The number of hydrazine groups is 1. The van der Waals surface area contributed by atoms with Crippen molar-refractivity contribution in [2.75, 3.05) is 6.61 Å². The Bertz CT molecular complexity index is 414. The molecule has 1 aromatic carbocycles. The molecular formula is C13H18F2N2O. The van der Waals surface area contributed by atoms with E-state index in [1.165, 1.54) is 12.1 Å². The van der Waals surface area contributed by atoms with Crippen LogP contribution >= 0.6 is 0 Å². The van der Waals surface area contributed by atoms with Gasteiger partial charge >= 0.3 is 0 Å². The fourth-order valence-corrected chi connectivity index (χ4v) is 2.43. The minimum absolute atomic E-state index is 0.0283. The molecule has 0 bridgehead atoms. The monoisotopic (exact) mass is 256 g/mol. The first-order valence-corrected chi connectivity index (χ1v) is 6.13. The number of rotatable bonds is 4. The smallest absolute Gasteiger partial charge is 0.129 e. The van der Waals surface area contributed by atoms with Crippen molar-refractivity contribution in [2.45, 2.75) is 31.9 Å². The van der Waals surface area contributed by atoms with E-state index in [9.17, 15) is 8.78 Å². The van der Waals surface area contributed by atoms with E-state index in [2.05, 4.69) is 12.3 Å². The zero-order chi connectivity index (χ0) is 13.1. The summed E-state index contributed by atoms with van der Waals surface area (Å²) in [4.78, 5) is 0. The highest BCUT2D eigenvalue weighted by molar-refractivity contribution is 5.20. The second kappa shape index (κ2) is 5.73. The van der Waals surface area contributed by atoms with Gasteiger partial charge in [0, 0.05) is 12.7 Å². The summed E-state index contributed by atoms with van der Waals surface area (Å²) in [5, 5.41) is 0. The Labute approximate surface area is 105 Å². The van der Waals surface area contributed by atoms with Gasteiger partial charge in [-0.1, -0.05) is 13.0 Å². The van der Waals surface area contributed by atoms with Gasteiger partial charge in [0.05, 0.1) is 12.1 Å². The maximum atomic E-state index is 13.6. The summed E-state index contributed by atoms with van der Waals surface area (Å²) in [7, 11) is 0. The lowest BCUT2D eigenvalue weighted by Crippen LogP contribution is -2.47. The van der Waals surface area contributed by atoms with Crippen LogP contribution in [0, 0.1) is 17.6 Å². The Morgan fingerprint density at radius 2 is 2.28 bits per heavy atom. The molecule has 0 aromatic heterocycles. The van der Waals surface area contributed by atoms with Crippen LogP contribution in [0.15, 0.2) is 18.2 Å². The van der Waals surface area contributed by atoms with E-state index >= 15 is 0 Å². The maximum Gasteiger partial charge on any atom is 0.129 e. The van der Waals surface area contributed by atoms with Crippen molar-refractivity contribution in [3.05, 3.63) is 35.4 Å². The molecule has 3 nitrogen and oxygen atoms in total. The molecule has 2 rings (SSSR count). The molecule has 18 heavy (non-hydrogen) atoms. The first-order chi connectivity index (χ1) is 8.61. The summed E-state index contributed by atoms with van der Waals surface area (Å²) < 4.78 is 32.0. The molecule has 0 spiro atoms. The van der Waals surface area contributed by atoms with Crippen LogP contribution in [0.3, 0.4) is 0 Å². The fraction of sp³-hybridized carbons (Fsp3) is 0.538. The number of hydrogen-bond donors (Lipinski definition) is 2. The summed E-state index contributed by atoms with van der Waals surface area (Å²) in [5.74, 6) is 4.79. The lowest BCUT2D eigenvalue weighted by atomic mass is 9.93. The predicted octanol–water partition coefficient (Wildman–Crippen LogP) is 1.76. The van der Waals surface area contributed by atoms with Crippen LogP contribution in [-0.2, 0) is 11.2 Å². The van der Waals surface area contributed by atoms with Crippen molar-refractivity contribution in [1.29, 1.82) is 0 Å². The van der Waals surface area contributed by atoms with Crippen molar-refractivity contribution >= 4 is 0 Å². The van der Waals surface area contributed by atoms with Crippen molar-refractivity contribution in [3.63, 3.8) is 0 Å². The number of ether oxygens (including phenoxy) is 1. The number of halogens is 2. The van der Waals surface area contributed by atoms with Crippen LogP contribution in [0.1, 0.15) is 18.9 Å². The van der Waals surface area contributed by atoms with E-state index in [1.807, 2.05) is 0 Å². The summed E-state index contributed by atoms with van der Waals surface area (Å²) in [5.41, 5.74) is 3.13. The third-order valence-electron chi connectivity index (χ3n) is 3.51. The van der Waals surface area contributed by atoms with Crippen LogP contribution in [0.2, 0.25) is 0 Å². The average Bonchev–Trinajstić information content (AvgIpc) is 2.75. The van der Waals surface area contributed by atoms with E-state index < -0.39 is 11.6 Å². The first kappa shape index (κ1) is 13.4. The van der Waals surface area contributed by atoms with Gasteiger partial charge in [-0.05, 0) is 30.4 Å². The van der Waals surface area contributed by atoms with E-state index in [0.717, 1.165) is 12.5 Å². The molecule has 1 aliphatic heterocycles. The van der Waals surface area contributed by atoms with Gasteiger partial charge in [0.15, 0.2) is 0 Å². The van der Waals surface area contributed by atoms with Crippen LogP contribution in [-0.4, -0.2) is 18.8 Å². The highest BCUT2D eigenvalue weighted by atomic mass is 19.1. The second-order valence-electron chi connectivity index (χ2n) is 4.81. The molecular weight excluding hydrogens is 238 g/mol. The van der Waals surface area contributed by atoms with Crippen molar-refractivity contribution in [1.82, 2.24) is 5.43 Å². The Kier molecular flexibility index (Phi) is 4.27. The lowest BCUT2D eigenvalue weighted by molar-refractivity contribution is 0.0608. The number of hydrogen-bond acceptors (Lipinski definition) is 3. The molecule has 0 aliphatic carbocycles. The van der Waals surface area contributed by atoms with Crippen LogP contribution in [0.25, 0.3) is 0 Å². The molecule has 3 N–H and O–H groups in total. The SMILES string of the molecule is CC1CCOC1C(Cc1ccc(F)cc1F)NN. The van der Waals surface area contributed by atoms with E-state index in [1.54, 1.807) is 0 Å². The van der Waals surface area contributed by atoms with Gasteiger partial charge in [-0.15, -0.1) is 0 Å². The molecule has 1 aromatic rings. The maximum absolute atomic E-state index is 13.6. The van der Waals surface area contributed by atoms with Gasteiger partial charge in [0.2, 0.25) is 0 Å². The van der Waals surface area contributed by atoms with Gasteiger partial charge in [-0.2, -0.15) is 0 Å². The Morgan fingerprint density at radius 3 is 2.83 bits per heavy atom. The Balaban J connectivity index is 2.10. The van der Waals surface area contributed by atoms with Gasteiger partial charge in [0.25, 0.3) is 0 Å². The van der Waals surface area contributed by atoms with Crippen molar-refractivity contribution < 1.29 is 13.5 Å². The quantitative estimate of drug-likeness (QED) is 0.637. The standard InChI is InChI=1S/C13H18F2N2O/c1-8-4-5-18-13(8)12(17-16)6-9-2-3-10(14)7-11(9)15/h2-3,7-8,12-13,17H,4-6,16H2,1H3. The highest BCUT2D eigenvalue weighted by Crippen LogP contribution is 2.25. The minimum Gasteiger partial charge on any atom is -0.376 e. The summed E-state index contributed by atoms with van der Waals surface area (Å²) >= 11 is 0. The molecule has 0 radical (unpaired) electrons. The molecule has 3 unspecified atom stereocenters. The molecule has 3 atom stereocenters. The van der Waals surface area contributed by atoms with Gasteiger partial charge < -0.3 is 4.74 Å². The lowest BCUT2D eigenvalue weighted by Gasteiger charge is -2.25. The zero-order valence-corrected chi connectivity index (χ0v) is 10.3. The number of benzene rings is 1. The van der Waals surface area contributed by atoms with E-state index in [-0.39, 0.29) is 12.1 Å². The zero-order valence-electron chi connectivity index (χ0n) is 10.3. The van der Waals surface area contributed by atoms with Crippen LogP contribution in [0.4, 0.5) is 8.78 Å². The van der Waals surface area contributed by atoms with Crippen molar-refractivity contribution in [2.24, 2.45) is 11.8 Å². The van der Waals surface area contributed by atoms with Crippen LogP contribution < -0.4 is 11.3 Å². The van der Waals surface area contributed by atoms with Gasteiger partial charge in [-0.3, -0.25) is 11.3 Å². The van der Waals surface area contributed by atoms with Crippen molar-refractivity contribution in [3.8, 4) is 0 Å². The molecule has 1 aliphatic rings. The Hall–Kier alpha value is -1.04. The fourth-order valence-electron chi connectivity index (χ4n) is 2.43. The first-order valence-electron chi connectivity index (χ1n) is 6.13. The number of nitrogens with one attached hydrogen (secondary N) is 1. The molecule has 5 heteroatoms. The van der Waals surface area contributed by atoms with Crippen LogP contribution in [0.5, 0.6) is 0 Å². The Morgan fingerprint density at radius 1 is 1.50 bits per heavy atom. The molecule has 1 fully saturated rings. The third-order valence-corrected chi connectivity index (χ3v) is 3.51. The second-order valence-corrected chi connectivity index (χ2v) is 4.81. The minimum atomic E-state index is -0.570. The molecule has 100 valence electrons. The van der Waals surface area contributed by atoms with E-state index in [4.69, 9.17) is 10.6 Å². The molecule has 0 saturated carbocycles. The molecule has 1 saturated heterocycles. The highest BCUT2D eigenvalue weighted by Gasteiger charge is 2.31.